The first-order valence-corrected chi connectivity index (χ1v) is 8.45. The molecule has 0 bridgehead atoms. The molecule has 0 fully saturated rings. The quantitative estimate of drug-likeness (QED) is 0.841. The molecule has 1 aliphatic carbocycles. The monoisotopic (exact) mass is 342 g/mol. The van der Waals surface area contributed by atoms with E-state index in [-0.39, 0.29) is 12.3 Å². The molecule has 4 nitrogen and oxygen atoms in total. The summed E-state index contributed by atoms with van der Waals surface area (Å²) in [4.78, 5) is 24.0. The van der Waals surface area contributed by atoms with E-state index < -0.39 is 5.91 Å². The van der Waals surface area contributed by atoms with Crippen LogP contribution in [0.15, 0.2) is 42.5 Å². The second-order valence-corrected chi connectivity index (χ2v) is 6.38. The van der Waals surface area contributed by atoms with Gasteiger partial charge in [0.25, 0.3) is 5.91 Å². The topological polar surface area (TPSA) is 58.2 Å². The van der Waals surface area contributed by atoms with Gasteiger partial charge in [0.2, 0.25) is 5.91 Å². The molecule has 24 heavy (non-hydrogen) atoms. The fraction of sp³-hybridized carbons (Fsp3) is 0.263. The fourth-order valence-corrected chi connectivity index (χ4v) is 3.19. The van der Waals surface area contributed by atoms with Crippen molar-refractivity contribution in [3.8, 4) is 0 Å². The summed E-state index contributed by atoms with van der Waals surface area (Å²) < 4.78 is 0. The molecular weight excluding hydrogens is 324 g/mol. The molecule has 0 saturated carbocycles. The van der Waals surface area contributed by atoms with Gasteiger partial charge in [-0.3, -0.25) is 20.4 Å². The van der Waals surface area contributed by atoms with E-state index in [1.807, 2.05) is 6.07 Å². The van der Waals surface area contributed by atoms with E-state index in [1.54, 1.807) is 24.3 Å². The zero-order chi connectivity index (χ0) is 16.9. The smallest absolute Gasteiger partial charge is 0.271 e. The van der Waals surface area contributed by atoms with Gasteiger partial charge in [0.05, 0.1) is 17.0 Å². The van der Waals surface area contributed by atoms with Gasteiger partial charge in [-0.1, -0.05) is 41.9 Å². The number of halogens is 1. The van der Waals surface area contributed by atoms with Crippen molar-refractivity contribution in [1.82, 2.24) is 10.9 Å². The molecule has 2 amide bonds. The first-order valence-electron chi connectivity index (χ1n) is 8.08. The number of hydrogen-bond acceptors (Lipinski definition) is 2. The van der Waals surface area contributed by atoms with Crippen LogP contribution in [0, 0.1) is 0 Å². The molecule has 2 aromatic rings. The Morgan fingerprint density at radius 2 is 1.71 bits per heavy atom. The highest BCUT2D eigenvalue weighted by atomic mass is 35.5. The molecule has 0 heterocycles. The normalized spacial score (nSPS) is 13.0. The van der Waals surface area contributed by atoms with Crippen LogP contribution in [0.4, 0.5) is 0 Å². The van der Waals surface area contributed by atoms with Crippen molar-refractivity contribution in [2.75, 3.05) is 0 Å². The van der Waals surface area contributed by atoms with E-state index in [9.17, 15) is 9.59 Å². The van der Waals surface area contributed by atoms with E-state index in [2.05, 4.69) is 23.0 Å². The lowest BCUT2D eigenvalue weighted by molar-refractivity contribution is -0.121. The predicted molar refractivity (Wildman–Crippen MR) is 93.8 cm³/mol. The molecule has 2 N–H and O–H groups in total. The molecule has 5 heteroatoms. The number of nitrogens with one attached hydrogen (secondary N) is 2. The number of fused-ring (bicyclic) bond motifs is 1. The van der Waals surface area contributed by atoms with Crippen LogP contribution in [0.1, 0.15) is 39.9 Å². The Bertz CT molecular complexity index is 774. The lowest BCUT2D eigenvalue weighted by atomic mass is 9.90. The Morgan fingerprint density at radius 3 is 2.50 bits per heavy atom. The highest BCUT2D eigenvalue weighted by molar-refractivity contribution is 6.33. The number of amides is 2. The van der Waals surface area contributed by atoms with E-state index >= 15 is 0 Å². The molecule has 0 atom stereocenters. The Labute approximate surface area is 146 Å². The third-order valence-corrected chi connectivity index (χ3v) is 4.54. The van der Waals surface area contributed by atoms with Crippen LogP contribution in [0.5, 0.6) is 0 Å². The number of rotatable bonds is 3. The summed E-state index contributed by atoms with van der Waals surface area (Å²) in [7, 11) is 0. The molecule has 0 aromatic heterocycles. The maximum atomic E-state index is 12.0. The summed E-state index contributed by atoms with van der Waals surface area (Å²) in [6.07, 6.45) is 4.87. The molecule has 0 aliphatic heterocycles. The van der Waals surface area contributed by atoms with E-state index in [0.717, 1.165) is 18.4 Å². The standard InChI is InChI=1S/C19H19ClN2O2/c20-17-8-4-3-7-16(17)19(24)22-21-18(23)12-13-9-10-14-5-1-2-6-15(14)11-13/h3-4,7-11H,1-2,5-6,12H2,(H,21,23)(H,22,24). The lowest BCUT2D eigenvalue weighted by Crippen LogP contribution is -2.42. The Morgan fingerprint density at radius 1 is 0.958 bits per heavy atom. The van der Waals surface area contributed by atoms with Crippen LogP contribution >= 0.6 is 11.6 Å². The third-order valence-electron chi connectivity index (χ3n) is 4.21. The van der Waals surface area contributed by atoms with Crippen molar-refractivity contribution >= 4 is 23.4 Å². The number of benzene rings is 2. The van der Waals surface area contributed by atoms with E-state index in [1.165, 1.54) is 24.0 Å². The first kappa shape index (κ1) is 16.5. The lowest BCUT2D eigenvalue weighted by Gasteiger charge is -2.16. The third kappa shape index (κ3) is 3.95. The van der Waals surface area contributed by atoms with E-state index in [4.69, 9.17) is 11.6 Å². The van der Waals surface area contributed by atoms with Gasteiger partial charge in [0.1, 0.15) is 0 Å². The first-order chi connectivity index (χ1) is 11.6. The van der Waals surface area contributed by atoms with Crippen LogP contribution in [-0.2, 0) is 24.1 Å². The SMILES string of the molecule is O=C(Cc1ccc2c(c1)CCCC2)NNC(=O)c1ccccc1Cl. The second kappa shape index (κ2) is 7.49. The van der Waals surface area contributed by atoms with Crippen LogP contribution in [-0.4, -0.2) is 11.8 Å². The Hall–Kier alpha value is -2.33. The average Bonchev–Trinajstić information content (AvgIpc) is 2.60. The number of aryl methyl sites for hydroxylation is 2. The van der Waals surface area contributed by atoms with Crippen molar-refractivity contribution < 1.29 is 9.59 Å². The summed E-state index contributed by atoms with van der Waals surface area (Å²) in [6, 6.07) is 12.9. The van der Waals surface area contributed by atoms with Crippen LogP contribution in [0.2, 0.25) is 5.02 Å². The minimum Gasteiger partial charge on any atom is -0.273 e. The van der Waals surface area contributed by atoms with Gasteiger partial charge in [-0.15, -0.1) is 0 Å². The number of hydrazine groups is 1. The molecule has 2 aromatic carbocycles. The second-order valence-electron chi connectivity index (χ2n) is 5.97. The Kier molecular flexibility index (Phi) is 5.16. The molecule has 3 rings (SSSR count). The number of hydrogen-bond donors (Lipinski definition) is 2. The molecular formula is C19H19ClN2O2. The summed E-state index contributed by atoms with van der Waals surface area (Å²) in [6.45, 7) is 0. The maximum absolute atomic E-state index is 12.0. The van der Waals surface area contributed by atoms with Gasteiger partial charge < -0.3 is 0 Å². The predicted octanol–water partition coefficient (Wildman–Crippen LogP) is 3.22. The van der Waals surface area contributed by atoms with Gasteiger partial charge in [-0.2, -0.15) is 0 Å². The zero-order valence-corrected chi connectivity index (χ0v) is 14.0. The van der Waals surface area contributed by atoms with Gasteiger partial charge >= 0.3 is 0 Å². The van der Waals surface area contributed by atoms with Gasteiger partial charge in [0.15, 0.2) is 0 Å². The van der Waals surface area contributed by atoms with Crippen molar-refractivity contribution in [2.24, 2.45) is 0 Å². The molecule has 0 saturated heterocycles. The summed E-state index contributed by atoms with van der Waals surface area (Å²) in [5.74, 6) is -0.689. The fourth-order valence-electron chi connectivity index (χ4n) is 2.97. The Balaban J connectivity index is 1.56. The van der Waals surface area contributed by atoms with E-state index in [0.29, 0.717) is 10.6 Å². The molecule has 0 radical (unpaired) electrons. The van der Waals surface area contributed by atoms with Gasteiger partial charge in [-0.25, -0.2) is 0 Å². The van der Waals surface area contributed by atoms with Crippen LogP contribution in [0.3, 0.4) is 0 Å². The minimum absolute atomic E-state index is 0.232. The number of carbonyl (C=O) groups excluding carboxylic acids is 2. The molecule has 0 spiro atoms. The van der Waals surface area contributed by atoms with Crippen molar-refractivity contribution in [3.63, 3.8) is 0 Å². The summed E-state index contributed by atoms with van der Waals surface area (Å²) in [5.41, 5.74) is 8.85. The molecule has 0 unspecified atom stereocenters. The van der Waals surface area contributed by atoms with Crippen molar-refractivity contribution in [2.45, 2.75) is 32.1 Å². The van der Waals surface area contributed by atoms with Crippen LogP contribution < -0.4 is 10.9 Å². The van der Waals surface area contributed by atoms with Crippen LogP contribution in [0.25, 0.3) is 0 Å². The van der Waals surface area contributed by atoms with Crippen molar-refractivity contribution in [1.29, 1.82) is 0 Å². The largest absolute Gasteiger partial charge is 0.273 e. The average molecular weight is 343 g/mol. The molecule has 1 aliphatic rings. The highest BCUT2D eigenvalue weighted by Crippen LogP contribution is 2.22. The highest BCUT2D eigenvalue weighted by Gasteiger charge is 2.13. The van der Waals surface area contributed by atoms with Gasteiger partial charge in [-0.05, 0) is 54.5 Å². The number of carbonyl (C=O) groups is 2. The maximum Gasteiger partial charge on any atom is 0.271 e. The van der Waals surface area contributed by atoms with Gasteiger partial charge in [0, 0.05) is 0 Å². The molecule has 124 valence electrons. The minimum atomic E-state index is -0.431. The summed E-state index contributed by atoms with van der Waals surface area (Å²) >= 11 is 5.96. The van der Waals surface area contributed by atoms with Crippen molar-refractivity contribution in [3.05, 3.63) is 69.7 Å². The summed E-state index contributed by atoms with van der Waals surface area (Å²) in [5, 5.41) is 0.346. The zero-order valence-electron chi connectivity index (χ0n) is 13.3.